The van der Waals surface area contributed by atoms with Crippen molar-refractivity contribution >= 4 is 5.91 Å². The van der Waals surface area contributed by atoms with Crippen molar-refractivity contribution in [2.45, 2.75) is 64.6 Å². The maximum Gasteiger partial charge on any atom is 0.273 e. The van der Waals surface area contributed by atoms with Gasteiger partial charge in [0.15, 0.2) is 0 Å². The lowest BCUT2D eigenvalue weighted by molar-refractivity contribution is 0.0658. The predicted molar refractivity (Wildman–Crippen MR) is 89.8 cm³/mol. The molecule has 6 nitrogen and oxygen atoms in total. The Labute approximate surface area is 141 Å². The Hall–Kier alpha value is -2.24. The van der Waals surface area contributed by atoms with Crippen LogP contribution in [0, 0.1) is 6.92 Å². The van der Waals surface area contributed by atoms with Gasteiger partial charge in [-0.3, -0.25) is 9.78 Å². The van der Waals surface area contributed by atoms with E-state index in [0.717, 1.165) is 43.0 Å². The topological polar surface area (TPSA) is 63.9 Å². The molecule has 2 aromatic heterocycles. The number of hydrogen-bond acceptors (Lipinski definition) is 4. The number of carbonyl (C=O) groups is 1. The summed E-state index contributed by atoms with van der Waals surface area (Å²) in [5.74, 6) is 2.44. The molecule has 2 bridgehead atoms. The monoisotopic (exact) mass is 325 g/mol. The Bertz CT molecular complexity index is 781. The van der Waals surface area contributed by atoms with E-state index in [1.165, 1.54) is 0 Å². The molecule has 6 heteroatoms. The van der Waals surface area contributed by atoms with Crippen LogP contribution in [0.5, 0.6) is 0 Å². The molecule has 2 aliphatic rings. The summed E-state index contributed by atoms with van der Waals surface area (Å²) in [5.41, 5.74) is 1.52. The maximum absolute atomic E-state index is 13.1. The molecule has 1 fully saturated rings. The second-order valence-corrected chi connectivity index (χ2v) is 7.21. The molecule has 2 atom stereocenters. The number of fused-ring (bicyclic) bond motifs is 3. The molecule has 0 radical (unpaired) electrons. The highest BCUT2D eigenvalue weighted by atomic mass is 16.2. The molecule has 1 amide bonds. The second kappa shape index (κ2) is 5.69. The highest BCUT2D eigenvalue weighted by Crippen LogP contribution is 2.33. The fourth-order valence-corrected chi connectivity index (χ4v) is 4.05. The molecule has 2 aliphatic heterocycles. The van der Waals surface area contributed by atoms with Crippen LogP contribution in [0.4, 0.5) is 0 Å². The zero-order valence-electron chi connectivity index (χ0n) is 14.4. The van der Waals surface area contributed by atoms with Crippen molar-refractivity contribution in [3.8, 4) is 0 Å². The van der Waals surface area contributed by atoms with E-state index < -0.39 is 0 Å². The number of pyridine rings is 1. The number of aryl methyl sites for hydroxylation is 1. The molecule has 0 saturated carbocycles. The first kappa shape index (κ1) is 15.3. The molecule has 0 aliphatic carbocycles. The highest BCUT2D eigenvalue weighted by Gasteiger charge is 2.42. The van der Waals surface area contributed by atoms with Crippen LogP contribution in [0.15, 0.2) is 18.3 Å². The molecule has 1 saturated heterocycles. The van der Waals surface area contributed by atoms with Crippen molar-refractivity contribution in [3.63, 3.8) is 0 Å². The number of amides is 1. The van der Waals surface area contributed by atoms with E-state index in [1.807, 2.05) is 19.1 Å². The average Bonchev–Trinajstić information content (AvgIpc) is 3.07. The number of carbonyl (C=O) groups excluding carboxylic acids is 1. The molecule has 4 rings (SSSR count). The van der Waals surface area contributed by atoms with Gasteiger partial charge in [0, 0.05) is 31.1 Å². The van der Waals surface area contributed by atoms with Gasteiger partial charge in [0.1, 0.15) is 17.3 Å². The third-order valence-corrected chi connectivity index (χ3v) is 5.25. The molecule has 24 heavy (non-hydrogen) atoms. The molecule has 0 aromatic carbocycles. The van der Waals surface area contributed by atoms with E-state index in [1.54, 1.807) is 6.20 Å². The number of nitrogens with zero attached hydrogens (tertiary/aromatic N) is 5. The number of rotatable bonds is 2. The summed E-state index contributed by atoms with van der Waals surface area (Å²) in [7, 11) is 0. The highest BCUT2D eigenvalue weighted by molar-refractivity contribution is 5.94. The molecule has 0 unspecified atom stereocenters. The molecule has 4 heterocycles. The SMILES string of the molecule is Cc1cccnc1C(=O)N1[C@@H]2CC[C@H]1Cc1nnc(C(C)C)n1C2. The normalized spacial score (nSPS) is 22.6. The molecule has 2 aromatic rings. The zero-order valence-corrected chi connectivity index (χ0v) is 14.4. The summed E-state index contributed by atoms with van der Waals surface area (Å²) < 4.78 is 2.24. The Morgan fingerprint density at radius 2 is 2.04 bits per heavy atom. The van der Waals surface area contributed by atoms with Crippen LogP contribution in [0.1, 0.15) is 60.3 Å². The minimum absolute atomic E-state index is 0.0606. The standard InChI is InChI=1S/C18H23N5O/c1-11(2)17-21-20-15-9-13-6-7-14(10-22(15)17)23(13)18(24)16-12(3)5-4-8-19-16/h4-5,8,11,13-14H,6-7,9-10H2,1-3H3/t13-,14+/m0/s1. The largest absolute Gasteiger partial charge is 0.329 e. The van der Waals surface area contributed by atoms with E-state index in [-0.39, 0.29) is 18.0 Å². The summed E-state index contributed by atoms with van der Waals surface area (Å²) in [6, 6.07) is 4.23. The molecule has 0 spiro atoms. The Morgan fingerprint density at radius 1 is 1.25 bits per heavy atom. The van der Waals surface area contributed by atoms with Crippen LogP contribution in [0.25, 0.3) is 0 Å². The lowest BCUT2D eigenvalue weighted by Gasteiger charge is -2.28. The van der Waals surface area contributed by atoms with Gasteiger partial charge in [-0.05, 0) is 31.4 Å². The van der Waals surface area contributed by atoms with Gasteiger partial charge in [-0.2, -0.15) is 0 Å². The molecule has 0 N–H and O–H groups in total. The predicted octanol–water partition coefficient (Wildman–Crippen LogP) is 2.33. The van der Waals surface area contributed by atoms with Gasteiger partial charge in [-0.15, -0.1) is 10.2 Å². The van der Waals surface area contributed by atoms with Crippen molar-refractivity contribution in [1.82, 2.24) is 24.6 Å². The van der Waals surface area contributed by atoms with Crippen LogP contribution >= 0.6 is 0 Å². The lowest BCUT2D eigenvalue weighted by Crippen LogP contribution is -2.42. The van der Waals surface area contributed by atoms with E-state index in [2.05, 4.69) is 38.5 Å². The van der Waals surface area contributed by atoms with Crippen LogP contribution < -0.4 is 0 Å². The molecular weight excluding hydrogens is 302 g/mol. The van der Waals surface area contributed by atoms with Crippen molar-refractivity contribution in [2.75, 3.05) is 0 Å². The van der Waals surface area contributed by atoms with Crippen LogP contribution in [-0.2, 0) is 13.0 Å². The quantitative estimate of drug-likeness (QED) is 0.850. The zero-order chi connectivity index (χ0) is 16.8. The minimum atomic E-state index is 0.0606. The van der Waals surface area contributed by atoms with Gasteiger partial charge >= 0.3 is 0 Å². The summed E-state index contributed by atoms with van der Waals surface area (Å²) in [6.07, 6.45) is 4.56. The number of hydrogen-bond donors (Lipinski definition) is 0. The summed E-state index contributed by atoms with van der Waals surface area (Å²) in [5, 5.41) is 8.78. The fraction of sp³-hybridized carbons (Fsp3) is 0.556. The van der Waals surface area contributed by atoms with E-state index in [4.69, 9.17) is 0 Å². The van der Waals surface area contributed by atoms with Crippen molar-refractivity contribution in [1.29, 1.82) is 0 Å². The third-order valence-electron chi connectivity index (χ3n) is 5.25. The van der Waals surface area contributed by atoms with Crippen molar-refractivity contribution < 1.29 is 4.79 Å². The minimum Gasteiger partial charge on any atom is -0.329 e. The second-order valence-electron chi connectivity index (χ2n) is 7.21. The molecule has 126 valence electrons. The average molecular weight is 325 g/mol. The Kier molecular flexibility index (Phi) is 3.62. The summed E-state index contributed by atoms with van der Waals surface area (Å²) >= 11 is 0. The maximum atomic E-state index is 13.1. The van der Waals surface area contributed by atoms with Crippen LogP contribution in [0.2, 0.25) is 0 Å². The smallest absolute Gasteiger partial charge is 0.273 e. The van der Waals surface area contributed by atoms with Gasteiger partial charge in [0.2, 0.25) is 0 Å². The van der Waals surface area contributed by atoms with Gasteiger partial charge in [-0.1, -0.05) is 19.9 Å². The Morgan fingerprint density at radius 3 is 2.79 bits per heavy atom. The summed E-state index contributed by atoms with van der Waals surface area (Å²) in [4.78, 5) is 19.5. The van der Waals surface area contributed by atoms with Gasteiger partial charge in [0.05, 0.1) is 6.04 Å². The van der Waals surface area contributed by atoms with Crippen molar-refractivity contribution in [3.05, 3.63) is 41.2 Å². The van der Waals surface area contributed by atoms with E-state index >= 15 is 0 Å². The number of aromatic nitrogens is 4. The fourth-order valence-electron chi connectivity index (χ4n) is 4.05. The van der Waals surface area contributed by atoms with Crippen molar-refractivity contribution in [2.24, 2.45) is 0 Å². The van der Waals surface area contributed by atoms with E-state index in [0.29, 0.717) is 11.6 Å². The third kappa shape index (κ3) is 2.32. The Balaban J connectivity index is 1.68. The first-order valence-electron chi connectivity index (χ1n) is 8.72. The summed E-state index contributed by atoms with van der Waals surface area (Å²) in [6.45, 7) is 7.02. The van der Waals surface area contributed by atoms with Crippen LogP contribution in [0.3, 0.4) is 0 Å². The molecular formula is C18H23N5O. The first-order valence-corrected chi connectivity index (χ1v) is 8.72. The van der Waals surface area contributed by atoms with Crippen LogP contribution in [-0.4, -0.2) is 42.6 Å². The van der Waals surface area contributed by atoms with Gasteiger partial charge < -0.3 is 9.47 Å². The van der Waals surface area contributed by atoms with Gasteiger partial charge in [-0.25, -0.2) is 0 Å². The first-order chi connectivity index (χ1) is 11.6. The lowest BCUT2D eigenvalue weighted by atomic mass is 10.1. The van der Waals surface area contributed by atoms with Gasteiger partial charge in [0.25, 0.3) is 5.91 Å². The van der Waals surface area contributed by atoms with E-state index in [9.17, 15) is 4.79 Å².